The second-order valence-electron chi connectivity index (χ2n) is 5.87. The molecule has 1 aliphatic rings. The first-order chi connectivity index (χ1) is 11.7. The summed E-state index contributed by atoms with van der Waals surface area (Å²) in [5, 5.41) is 13.2. The van der Waals surface area contributed by atoms with Crippen LogP contribution in [-0.2, 0) is 6.54 Å². The number of aliphatic hydroxyl groups excluding tert-OH is 1. The van der Waals surface area contributed by atoms with Gasteiger partial charge in [0.1, 0.15) is 5.15 Å². The van der Waals surface area contributed by atoms with Gasteiger partial charge in [-0.3, -0.25) is 4.79 Å². The number of nitrogens with zero attached hydrogens (tertiary/aromatic N) is 2. The molecule has 2 heterocycles. The lowest BCUT2D eigenvalue weighted by molar-refractivity contribution is 0.0678. The van der Waals surface area contributed by atoms with E-state index in [0.717, 1.165) is 24.1 Å². The van der Waals surface area contributed by atoms with Crippen molar-refractivity contribution in [3.05, 3.63) is 58.9 Å². The van der Waals surface area contributed by atoms with E-state index in [9.17, 15) is 9.90 Å². The van der Waals surface area contributed by atoms with E-state index in [4.69, 9.17) is 11.6 Å². The smallest absolute Gasteiger partial charge is 0.256 e. The van der Waals surface area contributed by atoms with Crippen LogP contribution in [-0.4, -0.2) is 40.1 Å². The van der Waals surface area contributed by atoms with Gasteiger partial charge in [-0.2, -0.15) is 0 Å². The fourth-order valence-electron chi connectivity index (χ4n) is 2.98. The first-order valence-corrected chi connectivity index (χ1v) is 8.42. The molecule has 1 aliphatic heterocycles. The van der Waals surface area contributed by atoms with Crippen molar-refractivity contribution >= 4 is 23.2 Å². The Hall–Kier alpha value is -2.11. The van der Waals surface area contributed by atoms with Crippen LogP contribution < -0.4 is 5.32 Å². The molecule has 0 spiro atoms. The average molecular weight is 346 g/mol. The molecule has 1 aromatic carbocycles. The number of hydrogen-bond acceptors (Lipinski definition) is 4. The fraction of sp³-hybridized carbons (Fsp3) is 0.333. The number of benzene rings is 1. The van der Waals surface area contributed by atoms with E-state index >= 15 is 0 Å². The Morgan fingerprint density at radius 2 is 2.17 bits per heavy atom. The summed E-state index contributed by atoms with van der Waals surface area (Å²) in [7, 11) is 0. The Labute approximate surface area is 146 Å². The number of aromatic nitrogens is 1. The summed E-state index contributed by atoms with van der Waals surface area (Å²) in [6.07, 6.45) is 3.50. The van der Waals surface area contributed by atoms with Crippen molar-refractivity contribution in [1.82, 2.24) is 9.88 Å². The summed E-state index contributed by atoms with van der Waals surface area (Å²) in [6.45, 7) is 1.26. The van der Waals surface area contributed by atoms with Crippen molar-refractivity contribution in [3.8, 4) is 0 Å². The average Bonchev–Trinajstić information content (AvgIpc) is 3.09. The standard InChI is InChI=1S/C18H20ClN3O2/c19-17-8-7-13(11-21-17)10-20-16-6-2-1-5-15(16)18(24)22-9-3-4-14(22)12-23/h1-2,5-8,11,14,20,23H,3-4,9-10,12H2. The van der Waals surface area contributed by atoms with E-state index in [0.29, 0.717) is 23.8 Å². The number of anilines is 1. The summed E-state index contributed by atoms with van der Waals surface area (Å²) in [5.41, 5.74) is 2.39. The zero-order valence-electron chi connectivity index (χ0n) is 13.3. The van der Waals surface area contributed by atoms with Crippen molar-refractivity contribution in [1.29, 1.82) is 0 Å². The monoisotopic (exact) mass is 345 g/mol. The molecule has 2 N–H and O–H groups in total. The molecule has 3 rings (SSSR count). The van der Waals surface area contributed by atoms with Crippen molar-refractivity contribution in [2.75, 3.05) is 18.5 Å². The number of amides is 1. The number of nitrogens with one attached hydrogen (secondary N) is 1. The second-order valence-corrected chi connectivity index (χ2v) is 6.25. The molecular formula is C18H20ClN3O2. The summed E-state index contributed by atoms with van der Waals surface area (Å²) in [5.74, 6) is -0.0381. The fourth-order valence-corrected chi connectivity index (χ4v) is 3.09. The van der Waals surface area contributed by atoms with Crippen LogP contribution in [0.2, 0.25) is 5.15 Å². The van der Waals surface area contributed by atoms with Crippen LogP contribution in [0.25, 0.3) is 0 Å². The number of rotatable bonds is 5. The van der Waals surface area contributed by atoms with Gasteiger partial charge in [0, 0.05) is 25.0 Å². The third-order valence-corrected chi connectivity index (χ3v) is 4.50. The normalized spacial score (nSPS) is 17.1. The highest BCUT2D eigenvalue weighted by atomic mass is 35.5. The Balaban J connectivity index is 1.75. The van der Waals surface area contributed by atoms with Crippen LogP contribution in [0.3, 0.4) is 0 Å². The minimum absolute atomic E-state index is 0.0117. The highest BCUT2D eigenvalue weighted by Crippen LogP contribution is 2.24. The first kappa shape index (κ1) is 16.7. The Bertz CT molecular complexity index is 706. The molecule has 6 heteroatoms. The van der Waals surface area contributed by atoms with E-state index < -0.39 is 0 Å². The van der Waals surface area contributed by atoms with Gasteiger partial charge in [-0.05, 0) is 36.6 Å². The molecule has 1 fully saturated rings. The topological polar surface area (TPSA) is 65.5 Å². The van der Waals surface area contributed by atoms with Gasteiger partial charge in [-0.1, -0.05) is 29.8 Å². The number of halogens is 1. The summed E-state index contributed by atoms with van der Waals surface area (Å²) >= 11 is 5.79. The van der Waals surface area contributed by atoms with Crippen LogP contribution in [0.15, 0.2) is 42.6 Å². The Kier molecular flexibility index (Phi) is 5.33. The molecule has 1 atom stereocenters. The summed E-state index contributed by atoms with van der Waals surface area (Å²) < 4.78 is 0. The number of hydrogen-bond donors (Lipinski definition) is 2. The van der Waals surface area contributed by atoms with Gasteiger partial charge in [0.15, 0.2) is 0 Å². The molecule has 1 saturated heterocycles. The Morgan fingerprint density at radius 1 is 1.33 bits per heavy atom. The SMILES string of the molecule is O=C(c1ccccc1NCc1ccc(Cl)nc1)N1CCCC1CO. The van der Waals surface area contributed by atoms with Gasteiger partial charge in [-0.15, -0.1) is 0 Å². The number of likely N-dealkylation sites (tertiary alicyclic amines) is 1. The van der Waals surface area contributed by atoms with Crippen LogP contribution >= 0.6 is 11.6 Å². The molecule has 0 saturated carbocycles. The van der Waals surface area contributed by atoms with Crippen molar-refractivity contribution in [2.45, 2.75) is 25.4 Å². The van der Waals surface area contributed by atoms with E-state index in [1.54, 1.807) is 17.2 Å². The highest BCUT2D eigenvalue weighted by Gasteiger charge is 2.29. The Morgan fingerprint density at radius 3 is 2.92 bits per heavy atom. The zero-order valence-corrected chi connectivity index (χ0v) is 14.0. The predicted octanol–water partition coefficient (Wildman–Crippen LogP) is 2.94. The molecule has 5 nitrogen and oxygen atoms in total. The van der Waals surface area contributed by atoms with Gasteiger partial charge in [-0.25, -0.2) is 4.98 Å². The highest BCUT2D eigenvalue weighted by molar-refractivity contribution is 6.29. The van der Waals surface area contributed by atoms with Crippen molar-refractivity contribution in [3.63, 3.8) is 0 Å². The molecule has 0 bridgehead atoms. The molecule has 24 heavy (non-hydrogen) atoms. The zero-order chi connectivity index (χ0) is 16.9. The molecular weight excluding hydrogens is 326 g/mol. The van der Waals surface area contributed by atoms with E-state index in [1.807, 2.05) is 30.3 Å². The minimum atomic E-state index is -0.0778. The molecule has 0 radical (unpaired) electrons. The quantitative estimate of drug-likeness (QED) is 0.818. The van der Waals surface area contributed by atoms with E-state index in [-0.39, 0.29) is 18.6 Å². The second kappa shape index (κ2) is 7.64. The summed E-state index contributed by atoms with van der Waals surface area (Å²) in [4.78, 5) is 18.7. The summed E-state index contributed by atoms with van der Waals surface area (Å²) in [6, 6.07) is 11.0. The van der Waals surface area contributed by atoms with Crippen LogP contribution in [0, 0.1) is 0 Å². The number of pyridine rings is 1. The lowest BCUT2D eigenvalue weighted by Gasteiger charge is -2.24. The number of aliphatic hydroxyl groups is 1. The maximum absolute atomic E-state index is 12.8. The molecule has 0 aliphatic carbocycles. The number of carbonyl (C=O) groups excluding carboxylic acids is 1. The minimum Gasteiger partial charge on any atom is -0.394 e. The maximum atomic E-state index is 12.8. The van der Waals surface area contributed by atoms with Crippen molar-refractivity contribution < 1.29 is 9.90 Å². The van der Waals surface area contributed by atoms with Crippen LogP contribution in [0.5, 0.6) is 0 Å². The van der Waals surface area contributed by atoms with Crippen LogP contribution in [0.1, 0.15) is 28.8 Å². The van der Waals surface area contributed by atoms with Gasteiger partial charge in [0.2, 0.25) is 0 Å². The van der Waals surface area contributed by atoms with E-state index in [1.165, 1.54) is 0 Å². The molecule has 1 unspecified atom stereocenters. The van der Waals surface area contributed by atoms with Gasteiger partial charge in [0.05, 0.1) is 18.2 Å². The molecule has 1 amide bonds. The maximum Gasteiger partial charge on any atom is 0.256 e. The van der Waals surface area contributed by atoms with Crippen molar-refractivity contribution in [2.24, 2.45) is 0 Å². The number of para-hydroxylation sites is 1. The third kappa shape index (κ3) is 3.68. The van der Waals surface area contributed by atoms with Gasteiger partial charge >= 0.3 is 0 Å². The largest absolute Gasteiger partial charge is 0.394 e. The van der Waals surface area contributed by atoms with Crippen LogP contribution in [0.4, 0.5) is 5.69 Å². The third-order valence-electron chi connectivity index (χ3n) is 4.28. The molecule has 2 aromatic rings. The molecule has 126 valence electrons. The molecule has 1 aromatic heterocycles. The predicted molar refractivity (Wildman–Crippen MR) is 94.2 cm³/mol. The lowest BCUT2D eigenvalue weighted by atomic mass is 10.1. The van der Waals surface area contributed by atoms with Gasteiger partial charge in [0.25, 0.3) is 5.91 Å². The van der Waals surface area contributed by atoms with Gasteiger partial charge < -0.3 is 15.3 Å². The lowest BCUT2D eigenvalue weighted by Crippen LogP contribution is -2.37. The first-order valence-electron chi connectivity index (χ1n) is 8.04. The van der Waals surface area contributed by atoms with E-state index in [2.05, 4.69) is 10.3 Å². The number of carbonyl (C=O) groups is 1.